The number of pyridine rings is 2. The van der Waals surface area contributed by atoms with Gasteiger partial charge in [-0.1, -0.05) is 6.07 Å². The van der Waals surface area contributed by atoms with Crippen molar-refractivity contribution in [2.75, 3.05) is 5.32 Å². The zero-order chi connectivity index (χ0) is 21.8. The Kier molecular flexibility index (Phi) is 5.65. The summed E-state index contributed by atoms with van der Waals surface area (Å²) in [5.41, 5.74) is -0.331. The van der Waals surface area contributed by atoms with Gasteiger partial charge in [0.25, 0.3) is 5.91 Å². The maximum atomic E-state index is 14.2. The van der Waals surface area contributed by atoms with Gasteiger partial charge in [-0.3, -0.25) is 9.78 Å². The molecule has 3 aromatic heterocycles. The summed E-state index contributed by atoms with van der Waals surface area (Å²) in [6.07, 6.45) is 6.40. The minimum atomic E-state index is -0.989. The molecule has 9 heteroatoms. The van der Waals surface area contributed by atoms with Crippen molar-refractivity contribution in [3.8, 4) is 17.0 Å². The molecular weight excluding hydrogens is 409 g/mol. The highest BCUT2D eigenvalue weighted by atomic mass is 19.1. The number of nitrogens with one attached hydrogen (secondary N) is 2. The van der Waals surface area contributed by atoms with Crippen molar-refractivity contribution < 1.29 is 22.7 Å². The van der Waals surface area contributed by atoms with Crippen LogP contribution >= 0.6 is 0 Å². The lowest BCUT2D eigenvalue weighted by Crippen LogP contribution is -2.15. The van der Waals surface area contributed by atoms with Crippen LogP contribution in [0.3, 0.4) is 0 Å². The highest BCUT2D eigenvalue weighted by Gasteiger charge is 2.20. The average Bonchev–Trinajstić information content (AvgIpc) is 3.28. The van der Waals surface area contributed by atoms with E-state index in [1.165, 1.54) is 12.4 Å². The number of benzene rings is 1. The van der Waals surface area contributed by atoms with Crippen LogP contribution in [0.4, 0.5) is 18.9 Å². The highest BCUT2D eigenvalue weighted by molar-refractivity contribution is 6.03. The molecule has 0 spiro atoms. The van der Waals surface area contributed by atoms with Gasteiger partial charge in [-0.05, 0) is 30.3 Å². The van der Waals surface area contributed by atoms with Crippen LogP contribution in [-0.4, -0.2) is 20.9 Å². The molecular formula is C22H15F3N4O2. The van der Waals surface area contributed by atoms with Gasteiger partial charge in [0.05, 0.1) is 11.8 Å². The molecule has 4 aromatic rings. The molecule has 4 rings (SSSR count). The third-order valence-electron chi connectivity index (χ3n) is 4.36. The molecule has 1 aromatic carbocycles. The molecule has 3 heterocycles. The SMILES string of the molecule is O=C(Nc1cnccc1OCc1cc[nH]c1)c1ccc(F)c(-c2c(F)cccc2F)n1. The van der Waals surface area contributed by atoms with Crippen molar-refractivity contribution in [2.45, 2.75) is 6.61 Å². The number of nitrogens with zero attached hydrogens (tertiary/aromatic N) is 2. The number of aromatic amines is 1. The van der Waals surface area contributed by atoms with E-state index in [0.717, 1.165) is 35.9 Å². The Balaban J connectivity index is 1.59. The summed E-state index contributed by atoms with van der Waals surface area (Å²) in [6, 6.07) is 8.57. The van der Waals surface area contributed by atoms with Gasteiger partial charge in [-0.15, -0.1) is 0 Å². The molecule has 0 aliphatic heterocycles. The molecule has 0 fully saturated rings. The van der Waals surface area contributed by atoms with Gasteiger partial charge in [0.1, 0.15) is 46.9 Å². The van der Waals surface area contributed by atoms with Crippen LogP contribution in [0.2, 0.25) is 0 Å². The van der Waals surface area contributed by atoms with E-state index in [1.807, 2.05) is 6.07 Å². The van der Waals surface area contributed by atoms with Crippen molar-refractivity contribution in [2.24, 2.45) is 0 Å². The van der Waals surface area contributed by atoms with E-state index in [2.05, 4.69) is 20.3 Å². The van der Waals surface area contributed by atoms with E-state index < -0.39 is 34.6 Å². The summed E-state index contributed by atoms with van der Waals surface area (Å²) < 4.78 is 48.1. The smallest absolute Gasteiger partial charge is 0.274 e. The molecule has 0 aliphatic carbocycles. The number of hydrogen-bond donors (Lipinski definition) is 2. The van der Waals surface area contributed by atoms with Crippen molar-refractivity contribution in [1.29, 1.82) is 0 Å². The number of carbonyl (C=O) groups is 1. The lowest BCUT2D eigenvalue weighted by molar-refractivity contribution is 0.102. The Labute approximate surface area is 174 Å². The van der Waals surface area contributed by atoms with Crippen LogP contribution in [-0.2, 0) is 6.61 Å². The minimum Gasteiger partial charge on any atom is -0.487 e. The second-order valence-electron chi connectivity index (χ2n) is 6.46. The molecule has 0 saturated carbocycles. The Hall–Kier alpha value is -4.14. The second-order valence-corrected chi connectivity index (χ2v) is 6.46. The summed E-state index contributed by atoms with van der Waals surface area (Å²) in [5, 5.41) is 2.58. The largest absolute Gasteiger partial charge is 0.487 e. The molecule has 0 saturated heterocycles. The lowest BCUT2D eigenvalue weighted by Gasteiger charge is -2.12. The van der Waals surface area contributed by atoms with Crippen LogP contribution in [0.5, 0.6) is 5.75 Å². The summed E-state index contributed by atoms with van der Waals surface area (Å²) in [6.45, 7) is 0.252. The van der Waals surface area contributed by atoms with E-state index in [9.17, 15) is 18.0 Å². The van der Waals surface area contributed by atoms with Gasteiger partial charge >= 0.3 is 0 Å². The van der Waals surface area contributed by atoms with Crippen LogP contribution in [0, 0.1) is 17.5 Å². The van der Waals surface area contributed by atoms with Crippen molar-refractivity contribution >= 4 is 11.6 Å². The quantitative estimate of drug-likeness (QED) is 0.469. The summed E-state index contributed by atoms with van der Waals surface area (Å²) in [5.74, 6) is -3.31. The summed E-state index contributed by atoms with van der Waals surface area (Å²) in [4.78, 5) is 23.4. The normalized spacial score (nSPS) is 10.7. The highest BCUT2D eigenvalue weighted by Crippen LogP contribution is 2.28. The number of halogens is 3. The van der Waals surface area contributed by atoms with Gasteiger partial charge in [-0.2, -0.15) is 0 Å². The Morgan fingerprint density at radius 2 is 1.84 bits per heavy atom. The average molecular weight is 424 g/mol. The molecule has 156 valence electrons. The Morgan fingerprint density at radius 3 is 2.58 bits per heavy atom. The molecule has 0 bridgehead atoms. The topological polar surface area (TPSA) is 79.9 Å². The fraction of sp³-hybridized carbons (Fsp3) is 0.0455. The second kappa shape index (κ2) is 8.70. The predicted molar refractivity (Wildman–Crippen MR) is 107 cm³/mol. The molecule has 6 nitrogen and oxygen atoms in total. The number of ether oxygens (including phenoxy) is 1. The van der Waals surface area contributed by atoms with Gasteiger partial charge < -0.3 is 15.0 Å². The maximum absolute atomic E-state index is 14.2. The number of H-pyrrole nitrogens is 1. The van der Waals surface area contributed by atoms with Gasteiger partial charge in [0.2, 0.25) is 0 Å². The van der Waals surface area contributed by atoms with E-state index in [4.69, 9.17) is 4.74 Å². The zero-order valence-corrected chi connectivity index (χ0v) is 15.9. The first-order chi connectivity index (χ1) is 15.0. The van der Waals surface area contributed by atoms with Gasteiger partial charge in [-0.25, -0.2) is 18.2 Å². The van der Waals surface area contributed by atoms with Crippen LogP contribution in [0.1, 0.15) is 16.1 Å². The molecule has 2 N–H and O–H groups in total. The number of amides is 1. The number of hydrogen-bond acceptors (Lipinski definition) is 4. The fourth-order valence-electron chi connectivity index (χ4n) is 2.87. The number of carbonyl (C=O) groups excluding carboxylic acids is 1. The first-order valence-electron chi connectivity index (χ1n) is 9.13. The first kappa shape index (κ1) is 20.1. The number of anilines is 1. The molecule has 0 aliphatic rings. The van der Waals surface area contributed by atoms with Gasteiger partial charge in [0, 0.05) is 30.2 Å². The maximum Gasteiger partial charge on any atom is 0.274 e. The summed E-state index contributed by atoms with van der Waals surface area (Å²) >= 11 is 0. The molecule has 1 amide bonds. The molecule has 31 heavy (non-hydrogen) atoms. The number of aromatic nitrogens is 3. The Morgan fingerprint density at radius 1 is 1.03 bits per heavy atom. The summed E-state index contributed by atoms with van der Waals surface area (Å²) in [7, 11) is 0. The molecule has 0 radical (unpaired) electrons. The van der Waals surface area contributed by atoms with E-state index >= 15 is 0 Å². The van der Waals surface area contributed by atoms with Crippen molar-refractivity contribution in [3.63, 3.8) is 0 Å². The third-order valence-corrected chi connectivity index (χ3v) is 4.36. The standard InChI is InChI=1S/C22H15F3N4O2/c23-14-2-1-3-15(24)20(14)21-16(25)4-5-17(28-21)22(30)29-18-11-27-9-7-19(18)31-12-13-6-8-26-10-13/h1-11,26H,12H2,(H,29,30). The first-order valence-corrected chi connectivity index (χ1v) is 9.13. The minimum absolute atomic E-state index is 0.237. The van der Waals surface area contributed by atoms with E-state index in [0.29, 0.717) is 5.75 Å². The fourth-order valence-corrected chi connectivity index (χ4v) is 2.87. The van der Waals surface area contributed by atoms with E-state index in [-0.39, 0.29) is 18.0 Å². The van der Waals surface area contributed by atoms with Crippen LogP contribution in [0.15, 0.2) is 67.3 Å². The third kappa shape index (κ3) is 4.40. The monoisotopic (exact) mass is 424 g/mol. The zero-order valence-electron chi connectivity index (χ0n) is 15.9. The molecule has 0 unspecified atom stereocenters. The van der Waals surface area contributed by atoms with Gasteiger partial charge in [0.15, 0.2) is 0 Å². The molecule has 0 atom stereocenters. The van der Waals surface area contributed by atoms with Crippen molar-refractivity contribution in [1.82, 2.24) is 15.0 Å². The van der Waals surface area contributed by atoms with Crippen LogP contribution < -0.4 is 10.1 Å². The predicted octanol–water partition coefficient (Wildman–Crippen LogP) is 4.72. The van der Waals surface area contributed by atoms with E-state index in [1.54, 1.807) is 18.5 Å². The van der Waals surface area contributed by atoms with Crippen LogP contribution in [0.25, 0.3) is 11.3 Å². The Bertz CT molecular complexity index is 1210. The lowest BCUT2D eigenvalue weighted by atomic mass is 10.1. The van der Waals surface area contributed by atoms with Crippen molar-refractivity contribution in [3.05, 3.63) is 96.0 Å². The number of rotatable bonds is 6.